The van der Waals surface area contributed by atoms with Crippen LogP contribution < -0.4 is 4.74 Å². The van der Waals surface area contributed by atoms with Gasteiger partial charge >= 0.3 is 0 Å². The molecule has 0 saturated heterocycles. The molecule has 0 N–H and O–H groups in total. The van der Waals surface area contributed by atoms with Crippen LogP contribution in [-0.2, 0) is 0 Å². The fourth-order valence-corrected chi connectivity index (χ4v) is 1.04. The highest BCUT2D eigenvalue weighted by atomic mass is 16.5. The van der Waals surface area contributed by atoms with Crippen molar-refractivity contribution in [3.8, 4) is 5.88 Å². The first-order chi connectivity index (χ1) is 6.84. The molecule has 0 atom stereocenters. The molecule has 0 bridgehead atoms. The van der Waals surface area contributed by atoms with E-state index in [-0.39, 0.29) is 0 Å². The van der Waals surface area contributed by atoms with Gasteiger partial charge in [-0.3, -0.25) is 4.98 Å². The number of ether oxygens (including phenoxy) is 1. The van der Waals surface area contributed by atoms with Crippen LogP contribution in [0.5, 0.6) is 5.88 Å². The second-order valence-electron chi connectivity index (χ2n) is 2.96. The van der Waals surface area contributed by atoms with Gasteiger partial charge in [-0.1, -0.05) is 19.1 Å². The standard InChI is InChI=1S/C11H16N2O/c1-3-4-5-6-9-14-11-10(2)12-7-8-13-11/h4-5,7-8H,3,6,9H2,1-2H3. The second-order valence-corrected chi connectivity index (χ2v) is 2.96. The highest BCUT2D eigenvalue weighted by Crippen LogP contribution is 2.09. The van der Waals surface area contributed by atoms with Crippen molar-refractivity contribution in [3.63, 3.8) is 0 Å². The zero-order valence-corrected chi connectivity index (χ0v) is 8.73. The van der Waals surface area contributed by atoms with Gasteiger partial charge in [0.15, 0.2) is 0 Å². The Morgan fingerprint density at radius 1 is 1.29 bits per heavy atom. The highest BCUT2D eigenvalue weighted by molar-refractivity contribution is 5.14. The topological polar surface area (TPSA) is 35.0 Å². The second kappa shape index (κ2) is 6.13. The zero-order valence-electron chi connectivity index (χ0n) is 8.73. The molecule has 0 spiro atoms. The first-order valence-corrected chi connectivity index (χ1v) is 4.90. The van der Waals surface area contributed by atoms with Crippen LogP contribution >= 0.6 is 0 Å². The molecule has 1 heterocycles. The third kappa shape index (κ3) is 3.56. The fraction of sp³-hybridized carbons (Fsp3) is 0.455. The summed E-state index contributed by atoms with van der Waals surface area (Å²) in [6.45, 7) is 4.67. The van der Waals surface area contributed by atoms with Gasteiger partial charge < -0.3 is 4.74 Å². The van der Waals surface area contributed by atoms with Crippen LogP contribution in [0.1, 0.15) is 25.5 Å². The maximum atomic E-state index is 5.46. The van der Waals surface area contributed by atoms with Crippen molar-refractivity contribution in [2.75, 3.05) is 6.61 Å². The van der Waals surface area contributed by atoms with Crippen molar-refractivity contribution < 1.29 is 4.74 Å². The van der Waals surface area contributed by atoms with Crippen molar-refractivity contribution in [1.29, 1.82) is 0 Å². The summed E-state index contributed by atoms with van der Waals surface area (Å²) in [5, 5.41) is 0. The van der Waals surface area contributed by atoms with Crippen molar-refractivity contribution in [1.82, 2.24) is 9.97 Å². The SMILES string of the molecule is CCC=CCCOc1nccnc1C. The molecule has 3 nitrogen and oxygen atoms in total. The Morgan fingerprint density at radius 2 is 2.07 bits per heavy atom. The van der Waals surface area contributed by atoms with E-state index < -0.39 is 0 Å². The lowest BCUT2D eigenvalue weighted by molar-refractivity contribution is 0.308. The van der Waals surface area contributed by atoms with Gasteiger partial charge in [-0.2, -0.15) is 0 Å². The summed E-state index contributed by atoms with van der Waals surface area (Å²) >= 11 is 0. The normalized spacial score (nSPS) is 10.7. The summed E-state index contributed by atoms with van der Waals surface area (Å²) in [7, 11) is 0. The van der Waals surface area contributed by atoms with E-state index >= 15 is 0 Å². The van der Waals surface area contributed by atoms with Gasteiger partial charge in [-0.05, 0) is 19.8 Å². The number of allylic oxidation sites excluding steroid dienone is 1. The predicted octanol–water partition coefficient (Wildman–Crippen LogP) is 2.52. The molecule has 0 amide bonds. The minimum atomic E-state index is 0.636. The maximum absolute atomic E-state index is 5.46. The summed E-state index contributed by atoms with van der Waals surface area (Å²) in [6.07, 6.45) is 9.55. The van der Waals surface area contributed by atoms with Gasteiger partial charge in [0.1, 0.15) is 0 Å². The van der Waals surface area contributed by atoms with E-state index in [1.165, 1.54) is 0 Å². The lowest BCUT2D eigenvalue weighted by Gasteiger charge is -2.04. The average Bonchev–Trinajstić information content (AvgIpc) is 2.20. The summed E-state index contributed by atoms with van der Waals surface area (Å²) in [4.78, 5) is 8.18. The summed E-state index contributed by atoms with van der Waals surface area (Å²) in [6, 6.07) is 0. The molecule has 76 valence electrons. The molecule has 0 aliphatic rings. The highest BCUT2D eigenvalue weighted by Gasteiger charge is 1.98. The Balaban J connectivity index is 2.31. The van der Waals surface area contributed by atoms with Crippen LogP contribution in [0.25, 0.3) is 0 Å². The van der Waals surface area contributed by atoms with Crippen molar-refractivity contribution >= 4 is 0 Å². The Kier molecular flexibility index (Phi) is 4.69. The first kappa shape index (κ1) is 10.7. The van der Waals surface area contributed by atoms with Crippen molar-refractivity contribution in [3.05, 3.63) is 30.2 Å². The van der Waals surface area contributed by atoms with Gasteiger partial charge in [0.05, 0.1) is 12.3 Å². The summed E-state index contributed by atoms with van der Waals surface area (Å²) < 4.78 is 5.46. The molecule has 0 fully saturated rings. The number of aromatic nitrogens is 2. The van der Waals surface area contributed by atoms with E-state index in [9.17, 15) is 0 Å². The largest absolute Gasteiger partial charge is 0.476 e. The molecule has 1 aromatic rings. The van der Waals surface area contributed by atoms with Gasteiger partial charge in [0.2, 0.25) is 5.88 Å². The Labute approximate surface area is 84.8 Å². The Morgan fingerprint density at radius 3 is 2.79 bits per heavy atom. The third-order valence-electron chi connectivity index (χ3n) is 1.76. The molecule has 0 aliphatic heterocycles. The van der Waals surface area contributed by atoms with Crippen LogP contribution in [0, 0.1) is 6.92 Å². The van der Waals surface area contributed by atoms with Crippen molar-refractivity contribution in [2.45, 2.75) is 26.7 Å². The zero-order chi connectivity index (χ0) is 10.2. The van der Waals surface area contributed by atoms with Crippen LogP contribution in [0.3, 0.4) is 0 Å². The lowest BCUT2D eigenvalue weighted by atomic mass is 10.3. The molecular weight excluding hydrogens is 176 g/mol. The minimum Gasteiger partial charge on any atom is -0.476 e. The number of rotatable bonds is 5. The van der Waals surface area contributed by atoms with E-state index in [1.54, 1.807) is 12.4 Å². The molecular formula is C11H16N2O. The third-order valence-corrected chi connectivity index (χ3v) is 1.76. The van der Waals surface area contributed by atoms with Crippen LogP contribution in [0.4, 0.5) is 0 Å². The van der Waals surface area contributed by atoms with E-state index in [0.717, 1.165) is 18.5 Å². The van der Waals surface area contributed by atoms with E-state index in [0.29, 0.717) is 12.5 Å². The summed E-state index contributed by atoms with van der Waals surface area (Å²) in [5.74, 6) is 0.636. The van der Waals surface area contributed by atoms with Crippen molar-refractivity contribution in [2.24, 2.45) is 0 Å². The van der Waals surface area contributed by atoms with E-state index in [1.807, 2.05) is 6.92 Å². The molecule has 0 unspecified atom stereocenters. The van der Waals surface area contributed by atoms with Gasteiger partial charge in [0.25, 0.3) is 0 Å². The molecule has 1 aromatic heterocycles. The lowest BCUT2D eigenvalue weighted by Crippen LogP contribution is -2.00. The van der Waals surface area contributed by atoms with Crippen LogP contribution in [-0.4, -0.2) is 16.6 Å². The van der Waals surface area contributed by atoms with Crippen LogP contribution in [0.15, 0.2) is 24.5 Å². The van der Waals surface area contributed by atoms with Gasteiger partial charge in [-0.15, -0.1) is 0 Å². The molecule has 14 heavy (non-hydrogen) atoms. The number of hydrogen-bond donors (Lipinski definition) is 0. The maximum Gasteiger partial charge on any atom is 0.235 e. The smallest absolute Gasteiger partial charge is 0.235 e. The Hall–Kier alpha value is -1.38. The molecule has 0 radical (unpaired) electrons. The van der Waals surface area contributed by atoms with Crippen LogP contribution in [0.2, 0.25) is 0 Å². The molecule has 3 heteroatoms. The molecule has 0 aromatic carbocycles. The van der Waals surface area contributed by atoms with Gasteiger partial charge in [0, 0.05) is 12.4 Å². The molecule has 0 aliphatic carbocycles. The number of nitrogens with zero attached hydrogens (tertiary/aromatic N) is 2. The molecule has 0 saturated carbocycles. The Bertz CT molecular complexity index is 297. The monoisotopic (exact) mass is 192 g/mol. The van der Waals surface area contributed by atoms with Gasteiger partial charge in [-0.25, -0.2) is 4.98 Å². The summed E-state index contributed by atoms with van der Waals surface area (Å²) in [5.41, 5.74) is 0.840. The fourth-order valence-electron chi connectivity index (χ4n) is 1.04. The number of aryl methyl sites for hydroxylation is 1. The van der Waals surface area contributed by atoms with E-state index in [2.05, 4.69) is 29.0 Å². The number of hydrogen-bond acceptors (Lipinski definition) is 3. The first-order valence-electron chi connectivity index (χ1n) is 4.90. The predicted molar refractivity (Wildman–Crippen MR) is 56.3 cm³/mol. The average molecular weight is 192 g/mol. The van der Waals surface area contributed by atoms with E-state index in [4.69, 9.17) is 4.74 Å². The minimum absolute atomic E-state index is 0.636. The molecule has 1 rings (SSSR count). The quantitative estimate of drug-likeness (QED) is 0.531.